The molecule has 1 aliphatic rings. The highest BCUT2D eigenvalue weighted by atomic mass is 16.2. The molecule has 0 bridgehead atoms. The number of hydrazone groups is 1. The Bertz CT molecular complexity index is 486. The van der Waals surface area contributed by atoms with E-state index in [9.17, 15) is 4.79 Å². The van der Waals surface area contributed by atoms with Crippen molar-refractivity contribution in [3.8, 4) is 0 Å². The Morgan fingerprint density at radius 3 is 2.59 bits per heavy atom. The lowest BCUT2D eigenvalue weighted by molar-refractivity contribution is -0.117. The van der Waals surface area contributed by atoms with Gasteiger partial charge in [-0.05, 0) is 24.6 Å². The smallest absolute Gasteiger partial charge is 0.254 e. The quantitative estimate of drug-likeness (QED) is 0.745. The summed E-state index contributed by atoms with van der Waals surface area (Å²) in [6.45, 7) is 8.16. The van der Waals surface area contributed by atoms with Crippen LogP contribution in [0.5, 0.6) is 0 Å². The second kappa shape index (κ2) is 3.95. The number of aryl methyl sites for hydroxylation is 1. The predicted octanol–water partition coefficient (Wildman–Crippen LogP) is 2.53. The molecule has 0 saturated heterocycles. The fourth-order valence-corrected chi connectivity index (χ4v) is 1.66. The van der Waals surface area contributed by atoms with Crippen molar-refractivity contribution < 1.29 is 4.79 Å². The van der Waals surface area contributed by atoms with Crippen LogP contribution in [0.3, 0.4) is 0 Å². The van der Waals surface area contributed by atoms with Crippen molar-refractivity contribution in [2.24, 2.45) is 10.5 Å². The zero-order valence-corrected chi connectivity index (χ0v) is 10.7. The first-order valence-electron chi connectivity index (χ1n) is 5.71. The van der Waals surface area contributed by atoms with E-state index in [4.69, 9.17) is 0 Å². The van der Waals surface area contributed by atoms with Gasteiger partial charge in [0.15, 0.2) is 5.82 Å². The molecule has 2 rings (SSSR count). The Hall–Kier alpha value is -1.71. The summed E-state index contributed by atoms with van der Waals surface area (Å²) in [6.07, 6.45) is 2.08. The van der Waals surface area contributed by atoms with Crippen molar-refractivity contribution in [2.45, 2.75) is 34.1 Å². The zero-order chi connectivity index (χ0) is 12.6. The van der Waals surface area contributed by atoms with Crippen molar-refractivity contribution in [3.63, 3.8) is 0 Å². The van der Waals surface area contributed by atoms with E-state index in [2.05, 4.69) is 30.9 Å². The zero-order valence-electron chi connectivity index (χ0n) is 10.7. The summed E-state index contributed by atoms with van der Waals surface area (Å²) in [5, 5.41) is 5.80. The lowest BCUT2D eigenvalue weighted by Gasteiger charge is -2.16. The number of pyridine rings is 1. The molecule has 2 heterocycles. The second-order valence-corrected chi connectivity index (χ2v) is 5.37. The van der Waals surface area contributed by atoms with Crippen LogP contribution in [-0.4, -0.2) is 16.6 Å². The molecule has 0 spiro atoms. The van der Waals surface area contributed by atoms with Crippen LogP contribution in [0.1, 0.15) is 32.8 Å². The van der Waals surface area contributed by atoms with Crippen molar-refractivity contribution in [1.82, 2.24) is 4.98 Å². The number of nitrogens with zero attached hydrogens (tertiary/aromatic N) is 3. The third kappa shape index (κ3) is 2.35. The standard InChI is InChI=1S/C13H17N3O/c1-9-5-6-14-11(7-9)16-12(17)8-10(15-16)13(2,3)4/h5-7H,8H2,1-4H3. The van der Waals surface area contributed by atoms with E-state index in [1.165, 1.54) is 5.01 Å². The van der Waals surface area contributed by atoms with Crippen molar-refractivity contribution in [3.05, 3.63) is 23.9 Å². The number of amides is 1. The summed E-state index contributed by atoms with van der Waals surface area (Å²) in [5.74, 6) is 0.599. The Morgan fingerprint density at radius 1 is 1.35 bits per heavy atom. The molecule has 0 fully saturated rings. The van der Waals surface area contributed by atoms with Crippen LogP contribution in [0.15, 0.2) is 23.4 Å². The van der Waals surface area contributed by atoms with Gasteiger partial charge in [-0.15, -0.1) is 0 Å². The molecule has 17 heavy (non-hydrogen) atoms. The molecule has 1 amide bonds. The van der Waals surface area contributed by atoms with Gasteiger partial charge in [0.25, 0.3) is 5.91 Å². The van der Waals surface area contributed by atoms with Gasteiger partial charge in [0.2, 0.25) is 0 Å². The van der Waals surface area contributed by atoms with Crippen LogP contribution in [0.4, 0.5) is 5.82 Å². The highest BCUT2D eigenvalue weighted by molar-refractivity contribution is 6.14. The molecule has 0 unspecified atom stereocenters. The van der Waals surface area contributed by atoms with E-state index >= 15 is 0 Å². The molecule has 1 aliphatic heterocycles. The minimum Gasteiger partial charge on any atom is -0.272 e. The van der Waals surface area contributed by atoms with Crippen LogP contribution in [0, 0.1) is 12.3 Å². The van der Waals surface area contributed by atoms with Crippen LogP contribution in [-0.2, 0) is 4.79 Å². The van der Waals surface area contributed by atoms with E-state index in [0.29, 0.717) is 12.2 Å². The molecule has 4 nitrogen and oxygen atoms in total. The average Bonchev–Trinajstić information content (AvgIpc) is 2.60. The number of hydrogen-bond acceptors (Lipinski definition) is 3. The molecular weight excluding hydrogens is 214 g/mol. The van der Waals surface area contributed by atoms with Crippen LogP contribution < -0.4 is 5.01 Å². The summed E-state index contributed by atoms with van der Waals surface area (Å²) in [7, 11) is 0. The van der Waals surface area contributed by atoms with Gasteiger partial charge in [-0.25, -0.2) is 4.98 Å². The molecule has 0 atom stereocenters. The van der Waals surface area contributed by atoms with Crippen molar-refractivity contribution in [2.75, 3.05) is 5.01 Å². The summed E-state index contributed by atoms with van der Waals surface area (Å²) in [4.78, 5) is 16.1. The molecule has 0 N–H and O–H groups in total. The maximum atomic E-state index is 11.9. The molecular formula is C13H17N3O. The number of rotatable bonds is 1. The average molecular weight is 231 g/mol. The van der Waals surface area contributed by atoms with Crippen LogP contribution in [0.2, 0.25) is 0 Å². The SMILES string of the molecule is Cc1ccnc(N2N=C(C(C)(C)C)CC2=O)c1. The van der Waals surface area contributed by atoms with Gasteiger partial charge < -0.3 is 0 Å². The van der Waals surface area contributed by atoms with Crippen molar-refractivity contribution in [1.29, 1.82) is 0 Å². The molecule has 1 aromatic rings. The molecule has 0 saturated carbocycles. The van der Waals surface area contributed by atoms with E-state index in [1.54, 1.807) is 6.20 Å². The van der Waals surface area contributed by atoms with Crippen LogP contribution >= 0.6 is 0 Å². The van der Waals surface area contributed by atoms with E-state index in [0.717, 1.165) is 11.3 Å². The maximum absolute atomic E-state index is 11.9. The third-order valence-electron chi connectivity index (χ3n) is 2.76. The number of carbonyl (C=O) groups is 1. The van der Waals surface area contributed by atoms with Gasteiger partial charge in [-0.1, -0.05) is 20.8 Å². The minimum absolute atomic E-state index is 0.00646. The summed E-state index contributed by atoms with van der Waals surface area (Å²) in [5.41, 5.74) is 1.90. The first kappa shape index (κ1) is 11.8. The topological polar surface area (TPSA) is 45.6 Å². The Kier molecular flexibility index (Phi) is 2.73. The van der Waals surface area contributed by atoms with Crippen molar-refractivity contribution >= 4 is 17.4 Å². The molecule has 0 aromatic carbocycles. The number of carbonyl (C=O) groups excluding carboxylic acids is 1. The number of hydrogen-bond donors (Lipinski definition) is 0. The predicted molar refractivity (Wildman–Crippen MR) is 68.0 cm³/mol. The maximum Gasteiger partial charge on any atom is 0.254 e. The Labute approximate surface area is 101 Å². The van der Waals surface area contributed by atoms with Gasteiger partial charge in [-0.3, -0.25) is 4.79 Å². The highest BCUT2D eigenvalue weighted by Crippen LogP contribution is 2.27. The molecule has 0 radical (unpaired) electrons. The van der Waals surface area contributed by atoms with E-state index < -0.39 is 0 Å². The first-order chi connectivity index (χ1) is 7.88. The largest absolute Gasteiger partial charge is 0.272 e. The van der Waals surface area contributed by atoms with Gasteiger partial charge in [0.05, 0.1) is 12.1 Å². The third-order valence-corrected chi connectivity index (χ3v) is 2.76. The van der Waals surface area contributed by atoms with E-state index in [1.807, 2.05) is 19.1 Å². The van der Waals surface area contributed by atoms with Gasteiger partial charge in [0, 0.05) is 11.6 Å². The van der Waals surface area contributed by atoms with Gasteiger partial charge in [0.1, 0.15) is 0 Å². The minimum atomic E-state index is -0.0752. The second-order valence-electron chi connectivity index (χ2n) is 5.37. The van der Waals surface area contributed by atoms with Crippen LogP contribution in [0.25, 0.3) is 0 Å². The number of anilines is 1. The monoisotopic (exact) mass is 231 g/mol. The molecule has 1 aromatic heterocycles. The fraction of sp³-hybridized carbons (Fsp3) is 0.462. The highest BCUT2D eigenvalue weighted by Gasteiger charge is 2.32. The Balaban J connectivity index is 2.34. The molecule has 4 heteroatoms. The Morgan fingerprint density at radius 2 is 2.06 bits per heavy atom. The van der Waals surface area contributed by atoms with Gasteiger partial charge >= 0.3 is 0 Å². The van der Waals surface area contributed by atoms with E-state index in [-0.39, 0.29) is 11.3 Å². The molecule has 0 aliphatic carbocycles. The summed E-state index contributed by atoms with van der Waals surface area (Å²) in [6, 6.07) is 3.77. The molecule has 90 valence electrons. The fourth-order valence-electron chi connectivity index (χ4n) is 1.66. The van der Waals surface area contributed by atoms with Gasteiger partial charge in [-0.2, -0.15) is 10.1 Å². The summed E-state index contributed by atoms with van der Waals surface area (Å²) >= 11 is 0. The normalized spacial score (nSPS) is 16.4. The lowest BCUT2D eigenvalue weighted by atomic mass is 9.88. The first-order valence-corrected chi connectivity index (χ1v) is 5.71. The summed E-state index contributed by atoms with van der Waals surface area (Å²) < 4.78 is 0. The lowest BCUT2D eigenvalue weighted by Crippen LogP contribution is -2.21. The number of aromatic nitrogens is 1.